The molecule has 0 aliphatic carbocycles. The third-order valence-electron chi connectivity index (χ3n) is 6.23. The van der Waals surface area contributed by atoms with Crippen molar-refractivity contribution in [1.82, 2.24) is 14.4 Å². The van der Waals surface area contributed by atoms with Gasteiger partial charge in [0.05, 0.1) is 22.7 Å². The number of esters is 1. The lowest BCUT2D eigenvalue weighted by Gasteiger charge is -2.37. The summed E-state index contributed by atoms with van der Waals surface area (Å²) >= 11 is 1.43. The fourth-order valence-corrected chi connectivity index (χ4v) is 5.25. The van der Waals surface area contributed by atoms with Gasteiger partial charge in [0, 0.05) is 38.1 Å². The van der Waals surface area contributed by atoms with Crippen molar-refractivity contribution in [2.45, 2.75) is 27.3 Å². The van der Waals surface area contributed by atoms with E-state index in [1.165, 1.54) is 11.3 Å². The van der Waals surface area contributed by atoms with E-state index < -0.39 is 5.97 Å². The van der Waals surface area contributed by atoms with Gasteiger partial charge in [0.1, 0.15) is 5.56 Å². The molecule has 0 saturated carbocycles. The molecule has 1 saturated heterocycles. The summed E-state index contributed by atoms with van der Waals surface area (Å²) in [6.07, 6.45) is 0.780. The standard InChI is InChI=1S/C26H32N4O4S.CH4/c1-4-34-26(33)22-23(28-14-16-29(17-15-28)24(31)21-11-7-18-35-21)19-9-5-6-10-20(19)30(25(22)32)13-8-12-27(2)3;/h5-7,9-11,18H,4,8,12-17H2,1-3H3;1H4. The number of benzene rings is 1. The molecule has 36 heavy (non-hydrogen) atoms. The van der Waals surface area contributed by atoms with E-state index in [9.17, 15) is 14.4 Å². The van der Waals surface area contributed by atoms with E-state index in [-0.39, 0.29) is 31.1 Å². The van der Waals surface area contributed by atoms with E-state index in [4.69, 9.17) is 4.74 Å². The Morgan fingerprint density at radius 1 is 1.06 bits per heavy atom. The molecule has 1 aliphatic rings. The van der Waals surface area contributed by atoms with E-state index in [1.54, 1.807) is 11.5 Å². The zero-order valence-corrected chi connectivity index (χ0v) is 21.3. The Labute approximate surface area is 216 Å². The number of rotatable bonds is 8. The smallest absolute Gasteiger partial charge is 0.345 e. The van der Waals surface area contributed by atoms with Crippen LogP contribution in [0.5, 0.6) is 0 Å². The maximum atomic E-state index is 13.7. The topological polar surface area (TPSA) is 75.1 Å². The predicted octanol–water partition coefficient (Wildman–Crippen LogP) is 3.79. The van der Waals surface area contributed by atoms with Crippen LogP contribution in [0.2, 0.25) is 0 Å². The van der Waals surface area contributed by atoms with Gasteiger partial charge in [-0.25, -0.2) is 4.79 Å². The van der Waals surface area contributed by atoms with Gasteiger partial charge in [-0.3, -0.25) is 9.59 Å². The summed E-state index contributed by atoms with van der Waals surface area (Å²) in [6, 6.07) is 11.4. The number of hydrogen-bond donors (Lipinski definition) is 0. The second-order valence-electron chi connectivity index (χ2n) is 8.83. The maximum absolute atomic E-state index is 13.7. The fraction of sp³-hybridized carbons (Fsp3) is 0.444. The minimum atomic E-state index is -0.600. The molecule has 8 nitrogen and oxygen atoms in total. The number of nitrogens with zero attached hydrogens (tertiary/aromatic N) is 4. The third-order valence-corrected chi connectivity index (χ3v) is 7.09. The van der Waals surface area contributed by atoms with Crippen LogP contribution < -0.4 is 10.5 Å². The Bertz CT molecular complexity index is 1240. The Balaban J connectivity index is 0.00000361. The number of hydrogen-bond acceptors (Lipinski definition) is 7. The first-order chi connectivity index (χ1) is 16.9. The number of anilines is 1. The number of ether oxygens (including phenoxy) is 1. The summed E-state index contributed by atoms with van der Waals surface area (Å²) < 4.78 is 7.04. The van der Waals surface area contributed by atoms with Crippen LogP contribution in [0.15, 0.2) is 46.6 Å². The molecule has 4 rings (SSSR count). The van der Waals surface area contributed by atoms with Crippen molar-refractivity contribution < 1.29 is 14.3 Å². The van der Waals surface area contributed by atoms with E-state index >= 15 is 0 Å². The number of carbonyl (C=O) groups excluding carboxylic acids is 2. The van der Waals surface area contributed by atoms with Gasteiger partial charge < -0.3 is 24.0 Å². The van der Waals surface area contributed by atoms with Gasteiger partial charge in [-0.2, -0.15) is 0 Å². The van der Waals surface area contributed by atoms with E-state index in [1.807, 2.05) is 60.8 Å². The normalized spacial score (nSPS) is 13.7. The van der Waals surface area contributed by atoms with Crippen LogP contribution in [0.4, 0.5) is 5.69 Å². The fourth-order valence-electron chi connectivity index (χ4n) is 4.56. The zero-order valence-electron chi connectivity index (χ0n) is 20.5. The highest BCUT2D eigenvalue weighted by atomic mass is 32.1. The summed E-state index contributed by atoms with van der Waals surface area (Å²) in [5, 5.41) is 2.74. The molecule has 0 unspecified atom stereocenters. The number of para-hydroxylation sites is 1. The van der Waals surface area contributed by atoms with Crippen LogP contribution in [-0.4, -0.2) is 79.7 Å². The minimum absolute atomic E-state index is 0. The van der Waals surface area contributed by atoms with E-state index in [2.05, 4.69) is 9.80 Å². The van der Waals surface area contributed by atoms with Gasteiger partial charge in [-0.05, 0) is 51.5 Å². The molecular formula is C27H36N4O4S. The van der Waals surface area contributed by atoms with Gasteiger partial charge in [0.15, 0.2) is 0 Å². The number of piperazine rings is 1. The molecule has 2 aromatic heterocycles. The summed E-state index contributed by atoms with van der Waals surface area (Å²) in [5.41, 5.74) is 1.16. The first kappa shape index (κ1) is 27.4. The number of aromatic nitrogens is 1. The van der Waals surface area contributed by atoms with Gasteiger partial charge in [-0.1, -0.05) is 31.7 Å². The largest absolute Gasteiger partial charge is 0.462 e. The summed E-state index contributed by atoms with van der Waals surface area (Å²) in [4.78, 5) is 46.3. The van der Waals surface area contributed by atoms with Gasteiger partial charge in [0.2, 0.25) is 0 Å². The average Bonchev–Trinajstić information content (AvgIpc) is 3.39. The van der Waals surface area contributed by atoms with Crippen molar-refractivity contribution in [3.8, 4) is 0 Å². The highest BCUT2D eigenvalue weighted by Gasteiger charge is 2.30. The second-order valence-corrected chi connectivity index (χ2v) is 9.78. The molecule has 3 heterocycles. The van der Waals surface area contributed by atoms with E-state index in [0.29, 0.717) is 38.4 Å². The van der Waals surface area contributed by atoms with Gasteiger partial charge in [-0.15, -0.1) is 11.3 Å². The van der Waals surface area contributed by atoms with Crippen molar-refractivity contribution in [3.63, 3.8) is 0 Å². The second kappa shape index (κ2) is 12.2. The molecule has 0 radical (unpaired) electrons. The van der Waals surface area contributed by atoms with Crippen LogP contribution in [0, 0.1) is 0 Å². The maximum Gasteiger partial charge on any atom is 0.345 e. The van der Waals surface area contributed by atoms with E-state index in [0.717, 1.165) is 28.7 Å². The molecular weight excluding hydrogens is 476 g/mol. The van der Waals surface area contributed by atoms with Crippen molar-refractivity contribution in [2.24, 2.45) is 0 Å². The Hall–Kier alpha value is -3.17. The average molecular weight is 513 g/mol. The van der Waals surface area contributed by atoms with Crippen molar-refractivity contribution in [1.29, 1.82) is 0 Å². The van der Waals surface area contributed by atoms with Crippen LogP contribution in [-0.2, 0) is 11.3 Å². The SMILES string of the molecule is C.CCOC(=O)c1c(N2CCN(C(=O)c3cccs3)CC2)c2ccccc2n(CCCN(C)C)c1=O. The molecule has 0 spiro atoms. The molecule has 0 N–H and O–H groups in total. The van der Waals surface area contributed by atoms with Gasteiger partial charge in [0.25, 0.3) is 11.5 Å². The predicted molar refractivity (Wildman–Crippen MR) is 147 cm³/mol. The third kappa shape index (κ3) is 5.63. The zero-order chi connectivity index (χ0) is 24.9. The van der Waals surface area contributed by atoms with Crippen molar-refractivity contribution in [3.05, 3.63) is 62.6 Å². The monoisotopic (exact) mass is 512 g/mol. The molecule has 9 heteroatoms. The molecule has 0 atom stereocenters. The minimum Gasteiger partial charge on any atom is -0.462 e. The Kier molecular flexibility index (Phi) is 9.28. The first-order valence-electron chi connectivity index (χ1n) is 12.0. The highest BCUT2D eigenvalue weighted by Crippen LogP contribution is 2.31. The molecule has 1 aromatic carbocycles. The number of pyridine rings is 1. The summed E-state index contributed by atoms with van der Waals surface area (Å²) in [6.45, 7) is 5.34. The Morgan fingerprint density at radius 2 is 1.78 bits per heavy atom. The molecule has 3 aromatic rings. The van der Waals surface area contributed by atoms with Crippen LogP contribution in [0.1, 0.15) is 40.8 Å². The number of thiophene rings is 1. The van der Waals surface area contributed by atoms with Crippen molar-refractivity contribution >= 4 is 39.8 Å². The number of amides is 1. The molecule has 0 bridgehead atoms. The lowest BCUT2D eigenvalue weighted by molar-refractivity contribution is 0.0523. The summed E-state index contributed by atoms with van der Waals surface area (Å²) in [5.74, 6) is -0.580. The molecule has 194 valence electrons. The quantitative estimate of drug-likeness (QED) is 0.428. The van der Waals surface area contributed by atoms with Crippen molar-refractivity contribution in [2.75, 3.05) is 58.3 Å². The Morgan fingerprint density at radius 3 is 2.42 bits per heavy atom. The number of carbonyl (C=O) groups is 2. The molecule has 1 aliphatic heterocycles. The number of fused-ring (bicyclic) bond motifs is 1. The van der Waals surface area contributed by atoms with Crippen LogP contribution >= 0.6 is 11.3 Å². The lowest BCUT2D eigenvalue weighted by Crippen LogP contribution is -2.49. The lowest BCUT2D eigenvalue weighted by atomic mass is 10.1. The molecule has 1 amide bonds. The molecule has 1 fully saturated rings. The number of aryl methyl sites for hydroxylation is 1. The first-order valence-corrected chi connectivity index (χ1v) is 12.9. The van der Waals surface area contributed by atoms with Crippen LogP contribution in [0.25, 0.3) is 10.9 Å². The van der Waals surface area contributed by atoms with Gasteiger partial charge >= 0.3 is 5.97 Å². The highest BCUT2D eigenvalue weighted by molar-refractivity contribution is 7.12. The summed E-state index contributed by atoms with van der Waals surface area (Å²) in [7, 11) is 3.99. The van der Waals surface area contributed by atoms with Crippen LogP contribution in [0.3, 0.4) is 0 Å².